The lowest BCUT2D eigenvalue weighted by molar-refractivity contribution is -0.138. The quantitative estimate of drug-likeness (QED) is 0.660. The molecule has 17 heavy (non-hydrogen) atoms. The van der Waals surface area contributed by atoms with Crippen molar-refractivity contribution in [2.45, 2.75) is 19.9 Å². The molecule has 6 nitrogen and oxygen atoms in total. The van der Waals surface area contributed by atoms with Crippen LogP contribution < -0.4 is 0 Å². The van der Waals surface area contributed by atoms with Crippen molar-refractivity contribution in [3.05, 3.63) is 11.1 Å². The number of aliphatic carboxylic acids is 1. The number of ether oxygens (including phenoxy) is 1. The number of morpholine rings is 1. The predicted octanol–water partition coefficient (Wildman–Crippen LogP) is -0.373. The molecule has 1 aliphatic rings. The number of hydrogen-bond donors (Lipinski definition) is 2. The Morgan fingerprint density at radius 2 is 2.00 bits per heavy atom. The van der Waals surface area contributed by atoms with E-state index in [2.05, 4.69) is 0 Å². The number of carboxylic acids is 1. The van der Waals surface area contributed by atoms with Crippen LogP contribution in [0.4, 0.5) is 0 Å². The molecule has 0 bridgehead atoms. The fourth-order valence-corrected chi connectivity index (χ4v) is 1.61. The zero-order valence-electron chi connectivity index (χ0n) is 9.97. The zero-order valence-corrected chi connectivity index (χ0v) is 9.97. The second-order valence-electron chi connectivity index (χ2n) is 3.97. The van der Waals surface area contributed by atoms with Gasteiger partial charge in [-0.25, -0.2) is 4.79 Å². The molecule has 0 aromatic heterocycles. The molecule has 0 spiro atoms. The summed E-state index contributed by atoms with van der Waals surface area (Å²) in [5.41, 5.74) is 0.219. The average molecular weight is 243 g/mol. The summed E-state index contributed by atoms with van der Waals surface area (Å²) in [6.45, 7) is 3.74. The number of hydrogen-bond acceptors (Lipinski definition) is 4. The minimum atomic E-state index is -1.11. The summed E-state index contributed by atoms with van der Waals surface area (Å²) in [6, 6.07) is -0.396. The summed E-state index contributed by atoms with van der Waals surface area (Å²) in [5.74, 6) is -1.46. The van der Waals surface area contributed by atoms with E-state index in [-0.39, 0.29) is 30.3 Å². The van der Waals surface area contributed by atoms with Gasteiger partial charge in [0.2, 0.25) is 0 Å². The van der Waals surface area contributed by atoms with E-state index in [1.807, 2.05) is 0 Å². The molecule has 1 fully saturated rings. The van der Waals surface area contributed by atoms with Crippen molar-refractivity contribution in [2.75, 3.05) is 26.4 Å². The van der Waals surface area contributed by atoms with Crippen molar-refractivity contribution in [1.82, 2.24) is 4.90 Å². The lowest BCUT2D eigenvalue weighted by Gasteiger charge is -2.34. The summed E-state index contributed by atoms with van der Waals surface area (Å²) < 4.78 is 5.15. The predicted molar refractivity (Wildman–Crippen MR) is 59.4 cm³/mol. The standard InChI is InChI=1S/C11H17NO5/c1-7(8(2)11(15)16)10(14)12-3-4-17-6-9(12)5-13/h9,13H,3-6H2,1-2H3,(H,15,16). The van der Waals surface area contributed by atoms with Crippen LogP contribution in [0.5, 0.6) is 0 Å². The van der Waals surface area contributed by atoms with Crippen LogP contribution in [0, 0.1) is 0 Å². The number of nitrogens with zero attached hydrogens (tertiary/aromatic N) is 1. The van der Waals surface area contributed by atoms with Crippen LogP contribution in [0.2, 0.25) is 0 Å². The van der Waals surface area contributed by atoms with Crippen LogP contribution in [0.3, 0.4) is 0 Å². The van der Waals surface area contributed by atoms with Crippen LogP contribution in [0.25, 0.3) is 0 Å². The SMILES string of the molecule is CC(C(=O)O)=C(C)C(=O)N1CCOCC1CO. The van der Waals surface area contributed by atoms with Crippen molar-refractivity contribution in [3.8, 4) is 0 Å². The lowest BCUT2D eigenvalue weighted by atomic mass is 10.1. The number of carboxylic acid groups (broad SMARTS) is 1. The smallest absolute Gasteiger partial charge is 0.331 e. The summed E-state index contributed by atoms with van der Waals surface area (Å²) >= 11 is 0. The third-order valence-corrected chi connectivity index (χ3v) is 2.90. The molecule has 0 saturated carbocycles. The summed E-state index contributed by atoms with van der Waals surface area (Å²) in [4.78, 5) is 24.3. The van der Waals surface area contributed by atoms with E-state index >= 15 is 0 Å². The second-order valence-corrected chi connectivity index (χ2v) is 3.97. The number of aliphatic hydroxyl groups excluding tert-OH is 1. The first-order valence-electron chi connectivity index (χ1n) is 5.39. The van der Waals surface area contributed by atoms with Crippen molar-refractivity contribution in [2.24, 2.45) is 0 Å². The highest BCUT2D eigenvalue weighted by Gasteiger charge is 2.28. The van der Waals surface area contributed by atoms with Gasteiger partial charge < -0.3 is 19.8 Å². The normalized spacial score (nSPS) is 22.1. The van der Waals surface area contributed by atoms with Gasteiger partial charge in [-0.2, -0.15) is 0 Å². The first-order chi connectivity index (χ1) is 7.99. The van der Waals surface area contributed by atoms with Gasteiger partial charge in [-0.05, 0) is 13.8 Å². The summed E-state index contributed by atoms with van der Waals surface area (Å²) in [6.07, 6.45) is 0. The van der Waals surface area contributed by atoms with Gasteiger partial charge in [-0.15, -0.1) is 0 Å². The first kappa shape index (κ1) is 13.7. The highest BCUT2D eigenvalue weighted by Crippen LogP contribution is 2.13. The van der Waals surface area contributed by atoms with Gasteiger partial charge in [-0.3, -0.25) is 4.79 Å². The number of carbonyl (C=O) groups excluding carboxylic acids is 1. The molecular weight excluding hydrogens is 226 g/mol. The minimum Gasteiger partial charge on any atom is -0.478 e. The largest absolute Gasteiger partial charge is 0.478 e. The topological polar surface area (TPSA) is 87.1 Å². The molecule has 1 rings (SSSR count). The third-order valence-electron chi connectivity index (χ3n) is 2.90. The van der Waals surface area contributed by atoms with E-state index in [0.717, 1.165) is 0 Å². The highest BCUT2D eigenvalue weighted by atomic mass is 16.5. The molecule has 1 saturated heterocycles. The van der Waals surface area contributed by atoms with Gasteiger partial charge >= 0.3 is 5.97 Å². The molecule has 0 aromatic carbocycles. The number of aliphatic hydroxyl groups is 1. The van der Waals surface area contributed by atoms with Crippen molar-refractivity contribution in [3.63, 3.8) is 0 Å². The molecular formula is C11H17NO5. The highest BCUT2D eigenvalue weighted by molar-refractivity contribution is 6.01. The van der Waals surface area contributed by atoms with E-state index in [4.69, 9.17) is 14.9 Å². The summed E-state index contributed by atoms with van der Waals surface area (Å²) in [7, 11) is 0. The van der Waals surface area contributed by atoms with Crippen LogP contribution >= 0.6 is 0 Å². The number of amides is 1. The van der Waals surface area contributed by atoms with Crippen LogP contribution in [0.15, 0.2) is 11.1 Å². The molecule has 1 aliphatic heterocycles. The third kappa shape index (κ3) is 3.04. The number of rotatable bonds is 3. The number of carbonyl (C=O) groups is 2. The van der Waals surface area contributed by atoms with Gasteiger partial charge in [0, 0.05) is 17.7 Å². The van der Waals surface area contributed by atoms with Crippen molar-refractivity contribution >= 4 is 11.9 Å². The maximum absolute atomic E-state index is 12.1. The Hall–Kier alpha value is -1.40. The molecule has 6 heteroatoms. The van der Waals surface area contributed by atoms with Crippen molar-refractivity contribution < 1.29 is 24.5 Å². The van der Waals surface area contributed by atoms with Gasteiger partial charge in [0.05, 0.1) is 25.9 Å². The zero-order chi connectivity index (χ0) is 13.0. The minimum absolute atomic E-state index is 0.0261. The van der Waals surface area contributed by atoms with E-state index in [0.29, 0.717) is 13.2 Å². The van der Waals surface area contributed by atoms with E-state index in [1.165, 1.54) is 18.7 Å². The van der Waals surface area contributed by atoms with Crippen molar-refractivity contribution in [1.29, 1.82) is 0 Å². The lowest BCUT2D eigenvalue weighted by Crippen LogP contribution is -2.50. The second kappa shape index (κ2) is 5.79. The van der Waals surface area contributed by atoms with Crippen LogP contribution in [0.1, 0.15) is 13.8 Å². The maximum atomic E-state index is 12.1. The molecule has 0 radical (unpaired) electrons. The fraction of sp³-hybridized carbons (Fsp3) is 0.636. The van der Waals surface area contributed by atoms with Crippen LogP contribution in [-0.4, -0.2) is 59.4 Å². The monoisotopic (exact) mass is 243 g/mol. The van der Waals surface area contributed by atoms with Gasteiger partial charge in [-0.1, -0.05) is 0 Å². The Bertz CT molecular complexity index is 350. The van der Waals surface area contributed by atoms with Crippen LogP contribution in [-0.2, 0) is 14.3 Å². The Kier molecular flexibility index (Phi) is 4.65. The van der Waals surface area contributed by atoms with Gasteiger partial charge in [0.1, 0.15) is 0 Å². The molecule has 2 N–H and O–H groups in total. The first-order valence-corrected chi connectivity index (χ1v) is 5.39. The summed E-state index contributed by atoms with van der Waals surface area (Å²) in [5, 5.41) is 18.0. The Morgan fingerprint density at radius 3 is 2.53 bits per heavy atom. The Balaban J connectivity index is 2.88. The van der Waals surface area contributed by atoms with Gasteiger partial charge in [0.25, 0.3) is 5.91 Å². The molecule has 1 unspecified atom stereocenters. The van der Waals surface area contributed by atoms with E-state index < -0.39 is 12.0 Å². The average Bonchev–Trinajstić information content (AvgIpc) is 2.35. The van der Waals surface area contributed by atoms with Gasteiger partial charge in [0.15, 0.2) is 0 Å². The molecule has 0 aliphatic carbocycles. The van der Waals surface area contributed by atoms with E-state index in [9.17, 15) is 9.59 Å². The molecule has 1 heterocycles. The Morgan fingerprint density at radius 1 is 1.35 bits per heavy atom. The fourth-order valence-electron chi connectivity index (χ4n) is 1.61. The maximum Gasteiger partial charge on any atom is 0.331 e. The Labute approximate surface area is 99.5 Å². The van der Waals surface area contributed by atoms with E-state index in [1.54, 1.807) is 0 Å². The molecule has 1 amide bonds. The molecule has 1 atom stereocenters. The molecule has 96 valence electrons. The molecule has 0 aromatic rings.